The highest BCUT2D eigenvalue weighted by Crippen LogP contribution is 2.25. The second-order valence-corrected chi connectivity index (χ2v) is 12.6. The van der Waals surface area contributed by atoms with Crippen LogP contribution in [0.15, 0.2) is 72.8 Å². The Morgan fingerprint density at radius 2 is 1.43 bits per heavy atom. The van der Waals surface area contributed by atoms with Crippen molar-refractivity contribution in [3.63, 3.8) is 0 Å². The molecule has 0 amide bonds. The highest BCUT2D eigenvalue weighted by Gasteiger charge is 2.19. The first-order valence-corrected chi connectivity index (χ1v) is 15.8. The monoisotopic (exact) mass is 560 g/mol. The van der Waals surface area contributed by atoms with Crippen molar-refractivity contribution in [1.29, 1.82) is 0 Å². The van der Waals surface area contributed by atoms with Crippen LogP contribution >= 0.6 is 23.5 Å². The molecule has 0 radical (unpaired) electrons. The van der Waals surface area contributed by atoms with E-state index in [1.165, 1.54) is 11.8 Å². The Balaban J connectivity index is 1.48. The summed E-state index contributed by atoms with van der Waals surface area (Å²) < 4.78 is 33.0. The SMILES string of the molecule is CCSC(=O)C(Cc1ccc(CCOc2ccc(OS(C)(=O)=O)cc2)cc1)SCCc1ccc(O)cc1. The van der Waals surface area contributed by atoms with Crippen LogP contribution in [0, 0.1) is 0 Å². The Bertz CT molecular complexity index is 1220. The number of phenols is 1. The molecule has 0 saturated heterocycles. The van der Waals surface area contributed by atoms with E-state index < -0.39 is 10.1 Å². The van der Waals surface area contributed by atoms with Gasteiger partial charge in [0.15, 0.2) is 0 Å². The first-order chi connectivity index (χ1) is 17.7. The molecule has 0 bridgehead atoms. The number of carbonyl (C=O) groups excluding carboxylic acids is 1. The second kappa shape index (κ2) is 14.4. The predicted molar refractivity (Wildman–Crippen MR) is 152 cm³/mol. The van der Waals surface area contributed by atoms with E-state index in [-0.39, 0.29) is 21.9 Å². The molecule has 0 aliphatic carbocycles. The molecule has 3 rings (SSSR count). The summed E-state index contributed by atoms with van der Waals surface area (Å²) in [6.07, 6.45) is 3.25. The Morgan fingerprint density at radius 1 is 0.865 bits per heavy atom. The molecule has 0 aliphatic heterocycles. The van der Waals surface area contributed by atoms with Gasteiger partial charge in [-0.1, -0.05) is 55.1 Å². The lowest BCUT2D eigenvalue weighted by molar-refractivity contribution is -0.110. The van der Waals surface area contributed by atoms with Gasteiger partial charge in [-0.05, 0) is 77.4 Å². The van der Waals surface area contributed by atoms with Crippen molar-refractivity contribution in [2.45, 2.75) is 31.4 Å². The topological polar surface area (TPSA) is 89.9 Å². The Labute approximate surface area is 227 Å². The normalized spacial score (nSPS) is 12.2. The van der Waals surface area contributed by atoms with E-state index in [9.17, 15) is 18.3 Å². The van der Waals surface area contributed by atoms with Crippen LogP contribution in [0.1, 0.15) is 23.6 Å². The van der Waals surface area contributed by atoms with Gasteiger partial charge in [0.25, 0.3) is 0 Å². The molecule has 6 nitrogen and oxygen atoms in total. The van der Waals surface area contributed by atoms with E-state index in [4.69, 9.17) is 8.92 Å². The van der Waals surface area contributed by atoms with E-state index in [1.54, 1.807) is 48.2 Å². The average Bonchev–Trinajstić information content (AvgIpc) is 2.86. The maximum atomic E-state index is 12.7. The van der Waals surface area contributed by atoms with Gasteiger partial charge >= 0.3 is 10.1 Å². The van der Waals surface area contributed by atoms with Gasteiger partial charge in [0.1, 0.15) is 17.2 Å². The molecule has 0 spiro atoms. The maximum absolute atomic E-state index is 12.7. The predicted octanol–water partition coefficient (Wildman–Crippen LogP) is 5.52. The summed E-state index contributed by atoms with van der Waals surface area (Å²) in [5.74, 6) is 2.74. The number of hydrogen-bond donors (Lipinski definition) is 1. The molecule has 3 aromatic rings. The van der Waals surface area contributed by atoms with Crippen molar-refractivity contribution in [2.75, 3.05) is 24.4 Å². The molecule has 3 aromatic carbocycles. The fraction of sp³-hybridized carbons (Fsp3) is 0.321. The Kier molecular flexibility index (Phi) is 11.2. The zero-order valence-electron chi connectivity index (χ0n) is 21.0. The number of phenolic OH excluding ortho intramolecular Hbond substituents is 1. The van der Waals surface area contributed by atoms with E-state index in [1.807, 2.05) is 19.1 Å². The van der Waals surface area contributed by atoms with E-state index >= 15 is 0 Å². The van der Waals surface area contributed by atoms with E-state index in [0.29, 0.717) is 18.8 Å². The number of thioether (sulfide) groups is 2. The van der Waals surface area contributed by atoms with Gasteiger partial charge in [-0.15, -0.1) is 11.8 Å². The van der Waals surface area contributed by atoms with Crippen LogP contribution in [0.5, 0.6) is 17.2 Å². The maximum Gasteiger partial charge on any atom is 0.306 e. The molecule has 1 unspecified atom stereocenters. The van der Waals surface area contributed by atoms with Crippen LogP contribution in [0.25, 0.3) is 0 Å². The van der Waals surface area contributed by atoms with Crippen molar-refractivity contribution in [3.05, 3.63) is 89.5 Å². The van der Waals surface area contributed by atoms with Crippen LogP contribution in [-0.4, -0.2) is 48.3 Å². The van der Waals surface area contributed by atoms with Gasteiger partial charge in [0, 0.05) is 6.42 Å². The molecular formula is C28H32O6S3. The minimum Gasteiger partial charge on any atom is -0.508 e. The summed E-state index contributed by atoms with van der Waals surface area (Å²) in [6.45, 7) is 2.47. The third-order valence-corrected chi connectivity index (χ3v) is 8.10. The Morgan fingerprint density at radius 3 is 2.05 bits per heavy atom. The second-order valence-electron chi connectivity index (χ2n) is 8.41. The number of aryl methyl sites for hydroxylation is 1. The van der Waals surface area contributed by atoms with Gasteiger partial charge in [0.05, 0.1) is 18.1 Å². The zero-order valence-corrected chi connectivity index (χ0v) is 23.4. The third-order valence-electron chi connectivity index (χ3n) is 5.37. The van der Waals surface area contributed by atoms with Gasteiger partial charge in [-0.25, -0.2) is 0 Å². The average molecular weight is 561 g/mol. The molecule has 0 saturated carbocycles. The smallest absolute Gasteiger partial charge is 0.306 e. The van der Waals surface area contributed by atoms with Crippen molar-refractivity contribution >= 4 is 38.8 Å². The summed E-state index contributed by atoms with van der Waals surface area (Å²) in [5, 5.41) is 9.55. The highest BCUT2D eigenvalue weighted by atomic mass is 32.2. The van der Waals surface area contributed by atoms with Crippen LogP contribution < -0.4 is 8.92 Å². The molecule has 9 heteroatoms. The van der Waals surface area contributed by atoms with Crippen LogP contribution in [0.2, 0.25) is 0 Å². The molecule has 0 fully saturated rings. The first-order valence-electron chi connectivity index (χ1n) is 12.0. The molecule has 0 aromatic heterocycles. The fourth-order valence-electron chi connectivity index (χ4n) is 3.54. The number of rotatable bonds is 14. The fourth-order valence-corrected chi connectivity index (χ4v) is 6.04. The van der Waals surface area contributed by atoms with Crippen molar-refractivity contribution in [2.24, 2.45) is 0 Å². The first kappa shape index (κ1) is 28.9. The lowest BCUT2D eigenvalue weighted by Crippen LogP contribution is -2.18. The lowest BCUT2D eigenvalue weighted by atomic mass is 10.1. The third kappa shape index (κ3) is 10.7. The summed E-state index contributed by atoms with van der Waals surface area (Å²) in [4.78, 5) is 12.7. The molecule has 0 aliphatic rings. The molecule has 198 valence electrons. The standard InChI is InChI=1S/C28H32O6S3/c1-3-35-28(30)27(36-19-17-22-8-10-24(29)11-9-22)20-23-6-4-21(5-7-23)16-18-33-25-12-14-26(15-13-25)34-37(2,31)32/h4-15,27,29H,3,16-20H2,1-2H3. The minimum atomic E-state index is -3.55. The summed E-state index contributed by atoms with van der Waals surface area (Å²) in [6, 6.07) is 22.0. The summed E-state index contributed by atoms with van der Waals surface area (Å²) in [7, 11) is -3.55. The Hall–Kier alpha value is -2.62. The molecule has 0 heterocycles. The summed E-state index contributed by atoms with van der Waals surface area (Å²) in [5.41, 5.74) is 3.40. The quantitative estimate of drug-likeness (QED) is 0.258. The van der Waals surface area contributed by atoms with Crippen molar-refractivity contribution < 1.29 is 27.2 Å². The van der Waals surface area contributed by atoms with Gasteiger partial charge < -0.3 is 14.0 Å². The summed E-state index contributed by atoms with van der Waals surface area (Å²) >= 11 is 3.06. The van der Waals surface area contributed by atoms with Gasteiger partial charge in [-0.2, -0.15) is 8.42 Å². The van der Waals surface area contributed by atoms with Crippen LogP contribution in [0.4, 0.5) is 0 Å². The molecular weight excluding hydrogens is 529 g/mol. The largest absolute Gasteiger partial charge is 0.508 e. The number of aromatic hydroxyl groups is 1. The van der Waals surface area contributed by atoms with Gasteiger partial charge in [0.2, 0.25) is 5.12 Å². The van der Waals surface area contributed by atoms with Crippen molar-refractivity contribution in [1.82, 2.24) is 0 Å². The molecule has 37 heavy (non-hydrogen) atoms. The zero-order chi connectivity index (χ0) is 26.7. The number of carbonyl (C=O) groups is 1. The number of ether oxygens (including phenoxy) is 1. The molecule has 1 atom stereocenters. The minimum absolute atomic E-state index is 0.106. The van der Waals surface area contributed by atoms with Crippen LogP contribution in [-0.2, 0) is 34.2 Å². The van der Waals surface area contributed by atoms with Crippen molar-refractivity contribution in [3.8, 4) is 17.2 Å². The van der Waals surface area contributed by atoms with Gasteiger partial charge in [-0.3, -0.25) is 4.79 Å². The highest BCUT2D eigenvalue weighted by molar-refractivity contribution is 8.16. The van der Waals surface area contributed by atoms with E-state index in [0.717, 1.165) is 47.3 Å². The van der Waals surface area contributed by atoms with E-state index in [2.05, 4.69) is 24.3 Å². The molecule has 1 N–H and O–H groups in total. The van der Waals surface area contributed by atoms with Crippen LogP contribution in [0.3, 0.4) is 0 Å². The number of hydrogen-bond acceptors (Lipinski definition) is 8. The lowest BCUT2D eigenvalue weighted by Gasteiger charge is -2.15. The number of benzene rings is 3.